The molecule has 0 aromatic carbocycles. The van der Waals surface area contributed by atoms with Crippen molar-refractivity contribution in [3.05, 3.63) is 11.7 Å². The molecule has 1 fully saturated rings. The number of aromatic nitrogens is 2. The van der Waals surface area contributed by atoms with E-state index in [9.17, 15) is 9.90 Å². The monoisotopic (exact) mass is 339 g/mol. The van der Waals surface area contributed by atoms with Crippen molar-refractivity contribution in [3.8, 4) is 0 Å². The van der Waals surface area contributed by atoms with Gasteiger partial charge in [0.2, 0.25) is 5.89 Å². The summed E-state index contributed by atoms with van der Waals surface area (Å²) in [6.07, 6.45) is 2.60. The summed E-state index contributed by atoms with van der Waals surface area (Å²) in [5.41, 5.74) is -1.48. The predicted octanol–water partition coefficient (Wildman–Crippen LogP) is 2.93. The Morgan fingerprint density at radius 3 is 2.79 bits per heavy atom. The highest BCUT2D eigenvalue weighted by Crippen LogP contribution is 2.31. The molecule has 2 N–H and O–H groups in total. The maximum absolute atomic E-state index is 11.9. The maximum atomic E-state index is 11.9. The zero-order valence-electron chi connectivity index (χ0n) is 15.3. The largest absolute Gasteiger partial charge is 0.444 e. The van der Waals surface area contributed by atoms with Crippen LogP contribution < -0.4 is 5.32 Å². The Bertz CT molecular complexity index is 564. The van der Waals surface area contributed by atoms with E-state index < -0.39 is 17.3 Å². The topological polar surface area (TPSA) is 97.5 Å². The zero-order valence-corrected chi connectivity index (χ0v) is 15.3. The van der Waals surface area contributed by atoms with Crippen LogP contribution in [0.1, 0.15) is 77.9 Å². The second kappa shape index (κ2) is 7.09. The summed E-state index contributed by atoms with van der Waals surface area (Å²) in [5.74, 6) is 1.28. The molecule has 1 amide bonds. The number of carbonyl (C=O) groups is 1. The van der Waals surface area contributed by atoms with Gasteiger partial charge in [0.15, 0.2) is 5.82 Å². The second-order valence-electron chi connectivity index (χ2n) is 8.04. The molecule has 24 heavy (non-hydrogen) atoms. The molecule has 0 saturated heterocycles. The van der Waals surface area contributed by atoms with Gasteiger partial charge in [-0.2, -0.15) is 4.98 Å². The quantitative estimate of drug-likeness (QED) is 0.875. The summed E-state index contributed by atoms with van der Waals surface area (Å²) >= 11 is 0. The Kier molecular flexibility index (Phi) is 5.52. The molecule has 1 aromatic heterocycles. The molecule has 0 unspecified atom stereocenters. The fourth-order valence-corrected chi connectivity index (χ4v) is 2.95. The van der Waals surface area contributed by atoms with Crippen molar-refractivity contribution in [2.45, 2.75) is 89.9 Å². The highest BCUT2D eigenvalue weighted by atomic mass is 16.6. The van der Waals surface area contributed by atoms with Crippen LogP contribution in [0.15, 0.2) is 4.52 Å². The standard InChI is InChI=1S/C17H29N3O4/c1-11(2)14-19-13(24-20-14)10-17(22)8-6-7-12(9-17)18-15(21)23-16(3,4)5/h11-12,22H,6-10H2,1-5H3,(H,18,21)/t12-,17-/m1/s1. The van der Waals surface area contributed by atoms with E-state index in [4.69, 9.17) is 9.26 Å². The number of amides is 1. The van der Waals surface area contributed by atoms with Gasteiger partial charge in [0.05, 0.1) is 12.0 Å². The molecule has 0 aliphatic heterocycles. The average Bonchev–Trinajstić information content (AvgIpc) is 2.84. The number of alkyl carbamates (subject to hydrolysis) is 1. The van der Waals surface area contributed by atoms with Crippen molar-refractivity contribution in [2.75, 3.05) is 0 Å². The molecule has 1 aliphatic carbocycles. The number of hydrogen-bond donors (Lipinski definition) is 2. The molecule has 7 heteroatoms. The van der Waals surface area contributed by atoms with Crippen molar-refractivity contribution in [2.24, 2.45) is 0 Å². The molecular formula is C17H29N3O4. The Hall–Kier alpha value is -1.63. The summed E-state index contributed by atoms with van der Waals surface area (Å²) in [5, 5.41) is 17.7. The van der Waals surface area contributed by atoms with Crippen LogP contribution in [0.2, 0.25) is 0 Å². The fourth-order valence-electron chi connectivity index (χ4n) is 2.95. The lowest BCUT2D eigenvalue weighted by molar-refractivity contribution is -0.0149. The van der Waals surface area contributed by atoms with Gasteiger partial charge in [-0.3, -0.25) is 0 Å². The first-order chi connectivity index (χ1) is 11.1. The number of nitrogens with zero attached hydrogens (tertiary/aromatic N) is 2. The van der Waals surface area contributed by atoms with Crippen molar-refractivity contribution >= 4 is 6.09 Å². The molecule has 0 spiro atoms. The third-order valence-electron chi connectivity index (χ3n) is 4.02. The van der Waals surface area contributed by atoms with Crippen LogP contribution in [0.5, 0.6) is 0 Å². The Morgan fingerprint density at radius 2 is 2.21 bits per heavy atom. The molecule has 7 nitrogen and oxygen atoms in total. The van der Waals surface area contributed by atoms with Crippen LogP contribution >= 0.6 is 0 Å². The fraction of sp³-hybridized carbons (Fsp3) is 0.824. The molecule has 0 radical (unpaired) electrons. The van der Waals surface area contributed by atoms with E-state index in [2.05, 4.69) is 15.5 Å². The van der Waals surface area contributed by atoms with E-state index in [0.717, 1.165) is 12.8 Å². The van der Waals surface area contributed by atoms with E-state index in [1.165, 1.54) is 0 Å². The third-order valence-corrected chi connectivity index (χ3v) is 4.02. The van der Waals surface area contributed by atoms with Crippen molar-refractivity contribution in [1.29, 1.82) is 0 Å². The minimum Gasteiger partial charge on any atom is -0.444 e. The predicted molar refractivity (Wildman–Crippen MR) is 88.7 cm³/mol. The van der Waals surface area contributed by atoms with Gasteiger partial charge in [-0.1, -0.05) is 19.0 Å². The molecule has 136 valence electrons. The molecule has 0 bridgehead atoms. The Labute approximate surface area is 143 Å². The average molecular weight is 339 g/mol. The number of nitrogens with one attached hydrogen (secondary N) is 1. The second-order valence-corrected chi connectivity index (χ2v) is 8.04. The number of ether oxygens (including phenoxy) is 1. The van der Waals surface area contributed by atoms with Crippen molar-refractivity contribution in [3.63, 3.8) is 0 Å². The van der Waals surface area contributed by atoms with Crippen LogP contribution in [0, 0.1) is 0 Å². The van der Waals surface area contributed by atoms with Crippen LogP contribution in [-0.4, -0.2) is 38.6 Å². The van der Waals surface area contributed by atoms with Gasteiger partial charge in [0.1, 0.15) is 5.60 Å². The molecule has 2 rings (SSSR count). The smallest absolute Gasteiger partial charge is 0.407 e. The van der Waals surface area contributed by atoms with E-state index >= 15 is 0 Å². The Balaban J connectivity index is 1.94. The Morgan fingerprint density at radius 1 is 1.50 bits per heavy atom. The first-order valence-corrected chi connectivity index (χ1v) is 8.61. The van der Waals surface area contributed by atoms with E-state index in [1.54, 1.807) is 0 Å². The van der Waals surface area contributed by atoms with E-state index in [1.807, 2.05) is 34.6 Å². The SMILES string of the molecule is CC(C)c1noc(C[C@@]2(O)CCC[C@@H](NC(=O)OC(C)(C)C)C2)n1. The van der Waals surface area contributed by atoms with Crippen LogP contribution in [-0.2, 0) is 11.2 Å². The van der Waals surface area contributed by atoms with Crippen molar-refractivity contribution in [1.82, 2.24) is 15.5 Å². The number of rotatable bonds is 4. The molecule has 1 saturated carbocycles. The summed E-state index contributed by atoms with van der Waals surface area (Å²) in [6.45, 7) is 9.46. The summed E-state index contributed by atoms with van der Waals surface area (Å²) in [7, 11) is 0. The molecule has 1 aliphatic rings. The van der Waals surface area contributed by atoms with Gasteiger partial charge in [-0.15, -0.1) is 0 Å². The first-order valence-electron chi connectivity index (χ1n) is 8.61. The molecule has 1 aromatic rings. The number of carbonyl (C=O) groups excluding carboxylic acids is 1. The molecule has 2 atom stereocenters. The lowest BCUT2D eigenvalue weighted by atomic mass is 9.79. The highest BCUT2D eigenvalue weighted by molar-refractivity contribution is 5.68. The maximum Gasteiger partial charge on any atom is 0.407 e. The van der Waals surface area contributed by atoms with E-state index in [-0.39, 0.29) is 12.0 Å². The highest BCUT2D eigenvalue weighted by Gasteiger charge is 2.37. The van der Waals surface area contributed by atoms with Gasteiger partial charge in [-0.05, 0) is 46.5 Å². The van der Waals surface area contributed by atoms with Gasteiger partial charge < -0.3 is 19.7 Å². The van der Waals surface area contributed by atoms with Crippen LogP contribution in [0.4, 0.5) is 4.79 Å². The summed E-state index contributed by atoms with van der Waals surface area (Å²) in [6, 6.07) is -0.119. The van der Waals surface area contributed by atoms with E-state index in [0.29, 0.717) is 31.0 Å². The number of hydrogen-bond acceptors (Lipinski definition) is 6. The first kappa shape index (κ1) is 18.7. The normalized spacial score (nSPS) is 24.9. The van der Waals surface area contributed by atoms with Gasteiger partial charge >= 0.3 is 6.09 Å². The lowest BCUT2D eigenvalue weighted by Gasteiger charge is -2.36. The van der Waals surface area contributed by atoms with Gasteiger partial charge in [0, 0.05) is 12.0 Å². The van der Waals surface area contributed by atoms with Crippen molar-refractivity contribution < 1.29 is 19.2 Å². The van der Waals surface area contributed by atoms with Crippen LogP contribution in [0.25, 0.3) is 0 Å². The molecule has 1 heterocycles. The van der Waals surface area contributed by atoms with Crippen LogP contribution in [0.3, 0.4) is 0 Å². The zero-order chi connectivity index (χ0) is 18.0. The van der Waals surface area contributed by atoms with Gasteiger partial charge in [-0.25, -0.2) is 4.79 Å². The van der Waals surface area contributed by atoms with Gasteiger partial charge in [0.25, 0.3) is 0 Å². The minimum atomic E-state index is -0.946. The summed E-state index contributed by atoms with van der Waals surface area (Å²) < 4.78 is 10.5. The minimum absolute atomic E-state index is 0.119. The molecular weight excluding hydrogens is 310 g/mol. The summed E-state index contributed by atoms with van der Waals surface area (Å²) in [4.78, 5) is 16.3. The third kappa shape index (κ3) is 5.47. The number of aliphatic hydroxyl groups is 1. The lowest BCUT2D eigenvalue weighted by Crippen LogP contribution is -2.48.